The molecule has 21 heavy (non-hydrogen) atoms. The molecule has 0 aromatic heterocycles. The lowest BCUT2D eigenvalue weighted by Gasteiger charge is -2.08. The number of halogens is 4. The molecule has 2 aromatic carbocycles. The maximum atomic E-state index is 14.0. The summed E-state index contributed by atoms with van der Waals surface area (Å²) in [6, 6.07) is 4.22. The topological polar surface area (TPSA) is 9.23 Å². The SMILES string of the molecule is COc1cc(F)c(C2=Cc3cc(F)c(F)cc3C2)c(F)c1. The molecule has 3 rings (SSSR count). The number of rotatable bonds is 2. The van der Waals surface area contributed by atoms with Gasteiger partial charge in [0.15, 0.2) is 11.6 Å². The average Bonchev–Trinajstić information content (AvgIpc) is 2.80. The van der Waals surface area contributed by atoms with E-state index in [0.29, 0.717) is 16.7 Å². The average molecular weight is 294 g/mol. The maximum Gasteiger partial charge on any atom is 0.159 e. The molecule has 108 valence electrons. The Labute approximate surface area is 118 Å². The van der Waals surface area contributed by atoms with Crippen molar-refractivity contribution in [2.75, 3.05) is 7.11 Å². The van der Waals surface area contributed by atoms with Crippen LogP contribution < -0.4 is 4.74 Å². The first-order chi connectivity index (χ1) is 9.99. The third-order valence-electron chi connectivity index (χ3n) is 3.47. The van der Waals surface area contributed by atoms with Crippen LogP contribution in [0, 0.1) is 23.3 Å². The van der Waals surface area contributed by atoms with Crippen molar-refractivity contribution < 1.29 is 22.3 Å². The van der Waals surface area contributed by atoms with Crippen molar-refractivity contribution in [1.29, 1.82) is 0 Å². The Morgan fingerprint density at radius 3 is 2.10 bits per heavy atom. The fourth-order valence-electron chi connectivity index (χ4n) is 2.47. The van der Waals surface area contributed by atoms with Gasteiger partial charge in [0.2, 0.25) is 0 Å². The summed E-state index contributed by atoms with van der Waals surface area (Å²) in [5, 5.41) is 0. The van der Waals surface area contributed by atoms with Crippen LogP contribution in [0.4, 0.5) is 17.6 Å². The highest BCUT2D eigenvalue weighted by Crippen LogP contribution is 2.36. The number of hydrogen-bond acceptors (Lipinski definition) is 1. The predicted octanol–water partition coefficient (Wildman–Crippen LogP) is 4.35. The number of methoxy groups -OCH3 is 1. The van der Waals surface area contributed by atoms with Gasteiger partial charge >= 0.3 is 0 Å². The molecular formula is C16H10F4O. The molecule has 0 saturated heterocycles. The highest BCUT2D eigenvalue weighted by Gasteiger charge is 2.22. The summed E-state index contributed by atoms with van der Waals surface area (Å²) in [6.45, 7) is 0. The van der Waals surface area contributed by atoms with E-state index in [1.807, 2.05) is 0 Å². The molecular weight excluding hydrogens is 284 g/mol. The molecule has 0 heterocycles. The van der Waals surface area contributed by atoms with Gasteiger partial charge in [0.05, 0.1) is 7.11 Å². The Bertz CT molecular complexity index is 742. The third kappa shape index (κ3) is 2.28. The van der Waals surface area contributed by atoms with Crippen LogP contribution >= 0.6 is 0 Å². The lowest BCUT2D eigenvalue weighted by molar-refractivity contribution is 0.406. The summed E-state index contributed by atoms with van der Waals surface area (Å²) in [6.07, 6.45) is 1.61. The minimum atomic E-state index is -0.984. The third-order valence-corrected chi connectivity index (χ3v) is 3.47. The van der Waals surface area contributed by atoms with Crippen molar-refractivity contribution >= 4 is 11.6 Å². The first kappa shape index (κ1) is 13.7. The fraction of sp³-hybridized carbons (Fsp3) is 0.125. The minimum absolute atomic E-state index is 0.0713. The van der Waals surface area contributed by atoms with Gasteiger partial charge < -0.3 is 4.74 Å². The first-order valence-electron chi connectivity index (χ1n) is 6.21. The van der Waals surface area contributed by atoms with Crippen LogP contribution in [-0.2, 0) is 6.42 Å². The molecule has 0 aliphatic heterocycles. The molecule has 1 aliphatic rings. The molecule has 0 spiro atoms. The Morgan fingerprint density at radius 1 is 0.857 bits per heavy atom. The number of hydrogen-bond donors (Lipinski definition) is 0. The van der Waals surface area contributed by atoms with Crippen molar-refractivity contribution in [3.05, 3.63) is 64.2 Å². The summed E-state index contributed by atoms with van der Waals surface area (Å²) in [4.78, 5) is 0. The van der Waals surface area contributed by atoms with Crippen molar-refractivity contribution in [2.45, 2.75) is 6.42 Å². The van der Waals surface area contributed by atoms with Gasteiger partial charge in [-0.1, -0.05) is 6.08 Å². The lowest BCUT2D eigenvalue weighted by atomic mass is 10.0. The van der Waals surface area contributed by atoms with E-state index in [9.17, 15) is 17.6 Å². The van der Waals surface area contributed by atoms with Gasteiger partial charge in [-0.15, -0.1) is 0 Å². The van der Waals surface area contributed by atoms with Crippen LogP contribution in [0.2, 0.25) is 0 Å². The second-order valence-electron chi connectivity index (χ2n) is 4.78. The summed E-state index contributed by atoms with van der Waals surface area (Å²) >= 11 is 0. The molecule has 0 radical (unpaired) electrons. The van der Waals surface area contributed by atoms with Crippen LogP contribution in [0.15, 0.2) is 24.3 Å². The molecule has 1 nitrogen and oxygen atoms in total. The van der Waals surface area contributed by atoms with E-state index in [0.717, 1.165) is 24.3 Å². The lowest BCUT2D eigenvalue weighted by Crippen LogP contribution is -1.97. The molecule has 2 aromatic rings. The standard InChI is InChI=1S/C16H10F4O/c1-21-11-6-14(19)16(15(20)7-11)10-2-8-4-12(17)13(18)5-9(8)3-10/h2,4-7H,3H2,1H3. The Kier molecular flexibility index (Phi) is 3.20. The largest absolute Gasteiger partial charge is 0.497 e. The zero-order valence-electron chi connectivity index (χ0n) is 11.0. The highest BCUT2D eigenvalue weighted by atomic mass is 19.2. The quantitative estimate of drug-likeness (QED) is 0.748. The molecule has 0 amide bonds. The van der Waals surface area contributed by atoms with Gasteiger partial charge in [0.1, 0.15) is 17.4 Å². The second-order valence-corrected chi connectivity index (χ2v) is 4.78. The van der Waals surface area contributed by atoms with E-state index < -0.39 is 23.3 Å². The zero-order valence-corrected chi connectivity index (χ0v) is 11.0. The van der Waals surface area contributed by atoms with Gasteiger partial charge in [-0.05, 0) is 35.3 Å². The van der Waals surface area contributed by atoms with E-state index in [-0.39, 0.29) is 17.7 Å². The number of benzene rings is 2. The number of ether oxygens (including phenoxy) is 1. The van der Waals surface area contributed by atoms with Crippen LogP contribution in [0.1, 0.15) is 16.7 Å². The van der Waals surface area contributed by atoms with Gasteiger partial charge in [0, 0.05) is 17.7 Å². The molecule has 0 N–H and O–H groups in total. The summed E-state index contributed by atoms with van der Waals surface area (Å²) < 4.78 is 59.2. The van der Waals surface area contributed by atoms with Crippen molar-refractivity contribution in [3.63, 3.8) is 0 Å². The van der Waals surface area contributed by atoms with Gasteiger partial charge in [-0.2, -0.15) is 0 Å². The van der Waals surface area contributed by atoms with E-state index in [1.54, 1.807) is 0 Å². The smallest absolute Gasteiger partial charge is 0.159 e. The summed E-state index contributed by atoms with van der Waals surface area (Å²) in [5.41, 5.74) is 1.07. The Morgan fingerprint density at radius 2 is 1.48 bits per heavy atom. The van der Waals surface area contributed by atoms with Crippen molar-refractivity contribution in [3.8, 4) is 5.75 Å². The second kappa shape index (κ2) is 4.91. The Balaban J connectivity index is 2.06. The predicted molar refractivity (Wildman–Crippen MR) is 70.8 cm³/mol. The van der Waals surface area contributed by atoms with Crippen LogP contribution in [0.25, 0.3) is 11.6 Å². The molecule has 0 fully saturated rings. The minimum Gasteiger partial charge on any atom is -0.497 e. The summed E-state index contributed by atoms with van der Waals surface area (Å²) in [7, 11) is 1.31. The zero-order chi connectivity index (χ0) is 15.1. The van der Waals surface area contributed by atoms with Gasteiger partial charge in [-0.3, -0.25) is 0 Å². The highest BCUT2D eigenvalue weighted by molar-refractivity contribution is 5.89. The molecule has 0 atom stereocenters. The van der Waals surface area contributed by atoms with E-state index in [1.165, 1.54) is 13.2 Å². The van der Waals surface area contributed by atoms with E-state index in [2.05, 4.69) is 0 Å². The molecule has 5 heteroatoms. The maximum absolute atomic E-state index is 14.0. The van der Waals surface area contributed by atoms with Gasteiger partial charge in [-0.25, -0.2) is 17.6 Å². The van der Waals surface area contributed by atoms with Gasteiger partial charge in [0.25, 0.3) is 0 Å². The molecule has 1 aliphatic carbocycles. The fourth-order valence-corrected chi connectivity index (χ4v) is 2.47. The van der Waals surface area contributed by atoms with Crippen molar-refractivity contribution in [2.24, 2.45) is 0 Å². The van der Waals surface area contributed by atoms with E-state index >= 15 is 0 Å². The van der Waals surface area contributed by atoms with Crippen LogP contribution in [0.3, 0.4) is 0 Å². The van der Waals surface area contributed by atoms with Crippen LogP contribution in [0.5, 0.6) is 5.75 Å². The Hall–Kier alpha value is -2.30. The monoisotopic (exact) mass is 294 g/mol. The number of fused-ring (bicyclic) bond motifs is 1. The summed E-state index contributed by atoms with van der Waals surface area (Å²) in [5.74, 6) is -3.43. The molecule has 0 unspecified atom stereocenters. The molecule has 0 saturated carbocycles. The van der Waals surface area contributed by atoms with Crippen LogP contribution in [-0.4, -0.2) is 7.11 Å². The number of allylic oxidation sites excluding steroid dienone is 1. The first-order valence-corrected chi connectivity index (χ1v) is 6.21. The van der Waals surface area contributed by atoms with E-state index in [4.69, 9.17) is 4.74 Å². The normalized spacial score (nSPS) is 13.1. The van der Waals surface area contributed by atoms with Crippen molar-refractivity contribution in [1.82, 2.24) is 0 Å². The molecule has 0 bridgehead atoms.